The van der Waals surface area contributed by atoms with Crippen LogP contribution in [0.25, 0.3) is 0 Å². The molecule has 0 radical (unpaired) electrons. The normalized spacial score (nSPS) is 38.2. The number of hydrogen-bond donors (Lipinski definition) is 2. The fraction of sp³-hybridized carbons (Fsp3) is 1.00. The van der Waals surface area contributed by atoms with E-state index in [1.54, 1.807) is 0 Å². The van der Waals surface area contributed by atoms with Crippen molar-refractivity contribution in [1.82, 2.24) is 10.3 Å². The highest BCUT2D eigenvalue weighted by Crippen LogP contribution is 2.26. The smallest absolute Gasteiger partial charge is 0.0366 e. The van der Waals surface area contributed by atoms with Crippen molar-refractivity contribution in [2.75, 3.05) is 19.6 Å². The van der Waals surface area contributed by atoms with E-state index in [0.717, 1.165) is 5.92 Å². The lowest BCUT2D eigenvalue weighted by atomic mass is 9.84. The minimum absolute atomic E-state index is 0. The first kappa shape index (κ1) is 12.5. The second-order valence-electron chi connectivity index (χ2n) is 3.41. The van der Waals surface area contributed by atoms with Crippen LogP contribution >= 0.6 is 24.8 Å². The van der Waals surface area contributed by atoms with Crippen molar-refractivity contribution in [2.24, 2.45) is 11.8 Å². The van der Waals surface area contributed by atoms with Crippen LogP contribution in [0.4, 0.5) is 0 Å². The van der Waals surface area contributed by atoms with E-state index in [1.165, 1.54) is 32.5 Å². The highest BCUT2D eigenvalue weighted by atomic mass is 35.5. The van der Waals surface area contributed by atoms with E-state index in [-0.39, 0.29) is 24.8 Å². The van der Waals surface area contributed by atoms with Gasteiger partial charge < -0.3 is 4.90 Å². The summed E-state index contributed by atoms with van der Waals surface area (Å²) in [5.74, 6) is 6.27. The number of halogens is 2. The Morgan fingerprint density at radius 2 is 1.75 bits per heavy atom. The summed E-state index contributed by atoms with van der Waals surface area (Å²) in [6, 6.07) is 0.572. The second-order valence-corrected chi connectivity index (χ2v) is 3.41. The van der Waals surface area contributed by atoms with Crippen LogP contribution in [-0.2, 0) is 0 Å². The Labute approximate surface area is 85.8 Å². The number of fused-ring (bicyclic) bond motifs is 3. The van der Waals surface area contributed by atoms with E-state index < -0.39 is 0 Å². The van der Waals surface area contributed by atoms with Gasteiger partial charge in [0.2, 0.25) is 0 Å². The van der Waals surface area contributed by atoms with Gasteiger partial charge in [-0.15, -0.1) is 24.8 Å². The number of nitrogens with one attached hydrogen (secondary N) is 1. The first-order valence-electron chi connectivity index (χ1n) is 4.08. The SMILES string of the molecule is Cl.Cl.NNC1CN2CCC1CC2. The first-order valence-corrected chi connectivity index (χ1v) is 4.08. The molecule has 3 nitrogen and oxygen atoms in total. The average molecular weight is 214 g/mol. The van der Waals surface area contributed by atoms with E-state index in [2.05, 4.69) is 10.3 Å². The molecule has 3 N–H and O–H groups in total. The lowest BCUT2D eigenvalue weighted by Crippen LogP contribution is -2.57. The van der Waals surface area contributed by atoms with Crippen LogP contribution < -0.4 is 11.3 Å². The molecule has 3 aliphatic heterocycles. The maximum absolute atomic E-state index is 5.41. The molecule has 3 heterocycles. The third-order valence-electron chi connectivity index (χ3n) is 2.87. The molecule has 0 aromatic carbocycles. The van der Waals surface area contributed by atoms with Gasteiger partial charge in [0.25, 0.3) is 0 Å². The summed E-state index contributed by atoms with van der Waals surface area (Å²) in [6.45, 7) is 3.76. The van der Waals surface area contributed by atoms with Crippen LogP contribution in [0.2, 0.25) is 0 Å². The summed E-state index contributed by atoms with van der Waals surface area (Å²) in [4.78, 5) is 2.49. The number of hydrogen-bond acceptors (Lipinski definition) is 3. The fourth-order valence-corrected chi connectivity index (χ4v) is 2.15. The quantitative estimate of drug-likeness (QED) is 0.490. The van der Waals surface area contributed by atoms with Gasteiger partial charge in [-0.25, -0.2) is 0 Å². The Bertz CT molecular complexity index is 126. The number of piperidine rings is 3. The number of nitrogens with two attached hydrogens (primary N) is 1. The zero-order chi connectivity index (χ0) is 6.97. The van der Waals surface area contributed by atoms with Crippen molar-refractivity contribution in [3.05, 3.63) is 0 Å². The third kappa shape index (κ3) is 2.24. The molecule has 3 fully saturated rings. The molecule has 3 saturated heterocycles. The lowest BCUT2D eigenvalue weighted by molar-refractivity contribution is 0.0730. The second kappa shape index (κ2) is 5.25. The van der Waals surface area contributed by atoms with E-state index in [4.69, 9.17) is 5.84 Å². The van der Waals surface area contributed by atoms with Gasteiger partial charge in [-0.3, -0.25) is 11.3 Å². The maximum atomic E-state index is 5.41. The van der Waals surface area contributed by atoms with E-state index in [9.17, 15) is 0 Å². The molecular formula is C7H17Cl2N3. The molecule has 0 aromatic rings. The van der Waals surface area contributed by atoms with Crippen LogP contribution in [0.5, 0.6) is 0 Å². The summed E-state index contributed by atoms with van der Waals surface area (Å²) >= 11 is 0. The number of rotatable bonds is 1. The van der Waals surface area contributed by atoms with Gasteiger partial charge in [0.05, 0.1) is 0 Å². The minimum atomic E-state index is 0. The molecule has 0 spiro atoms. The van der Waals surface area contributed by atoms with Crippen molar-refractivity contribution in [3.8, 4) is 0 Å². The molecule has 3 rings (SSSR count). The van der Waals surface area contributed by atoms with Gasteiger partial charge in [0, 0.05) is 12.6 Å². The van der Waals surface area contributed by atoms with Crippen LogP contribution in [-0.4, -0.2) is 30.6 Å². The summed E-state index contributed by atoms with van der Waals surface area (Å²) in [5, 5.41) is 0. The zero-order valence-corrected chi connectivity index (χ0v) is 8.66. The fourth-order valence-electron chi connectivity index (χ4n) is 2.15. The van der Waals surface area contributed by atoms with Crippen LogP contribution in [0, 0.1) is 5.92 Å². The van der Waals surface area contributed by atoms with Gasteiger partial charge in [-0.2, -0.15) is 0 Å². The Morgan fingerprint density at radius 3 is 2.00 bits per heavy atom. The molecule has 0 saturated carbocycles. The van der Waals surface area contributed by atoms with Gasteiger partial charge in [-0.1, -0.05) is 0 Å². The monoisotopic (exact) mass is 213 g/mol. The third-order valence-corrected chi connectivity index (χ3v) is 2.87. The zero-order valence-electron chi connectivity index (χ0n) is 7.03. The molecule has 0 aromatic heterocycles. The Kier molecular flexibility index (Phi) is 5.45. The predicted octanol–water partition coefficient (Wildman–Crippen LogP) is 0.387. The topological polar surface area (TPSA) is 41.3 Å². The molecule has 1 unspecified atom stereocenters. The lowest BCUT2D eigenvalue weighted by Gasteiger charge is -2.44. The van der Waals surface area contributed by atoms with Gasteiger partial charge in [0.15, 0.2) is 0 Å². The highest BCUT2D eigenvalue weighted by Gasteiger charge is 2.32. The van der Waals surface area contributed by atoms with Crippen molar-refractivity contribution in [1.29, 1.82) is 0 Å². The Hall–Kier alpha value is 0.460. The predicted molar refractivity (Wildman–Crippen MR) is 54.8 cm³/mol. The maximum Gasteiger partial charge on any atom is 0.0366 e. The van der Waals surface area contributed by atoms with Gasteiger partial charge in [0.1, 0.15) is 0 Å². The van der Waals surface area contributed by atoms with Gasteiger partial charge >= 0.3 is 0 Å². The molecule has 5 heteroatoms. The summed E-state index contributed by atoms with van der Waals surface area (Å²) in [5.41, 5.74) is 2.89. The Morgan fingerprint density at radius 1 is 1.17 bits per heavy atom. The van der Waals surface area contributed by atoms with E-state index in [0.29, 0.717) is 6.04 Å². The van der Waals surface area contributed by atoms with Crippen molar-refractivity contribution >= 4 is 24.8 Å². The standard InChI is InChI=1S/C7H15N3.2ClH/c8-9-7-5-10-3-1-6(7)2-4-10;;/h6-7,9H,1-5,8H2;2*1H. The molecule has 2 bridgehead atoms. The highest BCUT2D eigenvalue weighted by molar-refractivity contribution is 5.85. The molecule has 3 aliphatic rings. The molecule has 12 heavy (non-hydrogen) atoms. The van der Waals surface area contributed by atoms with Gasteiger partial charge in [-0.05, 0) is 31.8 Å². The summed E-state index contributed by atoms with van der Waals surface area (Å²) in [6.07, 6.45) is 2.68. The summed E-state index contributed by atoms with van der Waals surface area (Å²) in [7, 11) is 0. The summed E-state index contributed by atoms with van der Waals surface area (Å²) < 4.78 is 0. The molecule has 0 aliphatic carbocycles. The van der Waals surface area contributed by atoms with Crippen molar-refractivity contribution in [3.63, 3.8) is 0 Å². The minimum Gasteiger partial charge on any atom is -0.302 e. The first-order chi connectivity index (χ1) is 4.90. The van der Waals surface area contributed by atoms with Crippen molar-refractivity contribution < 1.29 is 0 Å². The Balaban J connectivity index is 0.000000605. The largest absolute Gasteiger partial charge is 0.302 e. The molecule has 74 valence electrons. The molecular weight excluding hydrogens is 197 g/mol. The van der Waals surface area contributed by atoms with Crippen LogP contribution in [0.15, 0.2) is 0 Å². The molecule has 1 atom stereocenters. The average Bonchev–Trinajstić information content (AvgIpc) is 2.06. The van der Waals surface area contributed by atoms with Crippen molar-refractivity contribution in [2.45, 2.75) is 18.9 Å². The molecule has 0 amide bonds. The van der Waals surface area contributed by atoms with E-state index >= 15 is 0 Å². The van der Waals surface area contributed by atoms with Crippen LogP contribution in [0.1, 0.15) is 12.8 Å². The van der Waals surface area contributed by atoms with E-state index in [1.807, 2.05) is 0 Å². The number of nitrogens with zero attached hydrogens (tertiary/aromatic N) is 1. The van der Waals surface area contributed by atoms with Crippen LogP contribution in [0.3, 0.4) is 0 Å². The number of hydrazine groups is 1.